The lowest BCUT2D eigenvalue weighted by molar-refractivity contribution is -0.115. The summed E-state index contributed by atoms with van der Waals surface area (Å²) in [5.41, 5.74) is 6.94. The van der Waals surface area contributed by atoms with Crippen LogP contribution in [0.1, 0.15) is 38.4 Å². The highest BCUT2D eigenvalue weighted by molar-refractivity contribution is 9.10. The van der Waals surface area contributed by atoms with E-state index in [0.717, 1.165) is 43.9 Å². The molecule has 2 heterocycles. The van der Waals surface area contributed by atoms with Crippen molar-refractivity contribution in [2.45, 2.75) is 27.7 Å². The van der Waals surface area contributed by atoms with Gasteiger partial charge >= 0.3 is 5.97 Å². The quantitative estimate of drug-likeness (QED) is 0.407. The smallest absolute Gasteiger partial charge is 0.335 e. The van der Waals surface area contributed by atoms with Gasteiger partial charge in [-0.1, -0.05) is 15.9 Å². The molecule has 3 aromatic rings. The standard InChI is InChI=1S/C25H22BrN3O3S/c1-13-9-19(10-14(2)22(13)26)27-25-28-23(30)21(33-25)12-18-11-15(3)29(16(18)4)20-7-5-17(6-8-20)24(31)32/h5-12H,1-4H3,(H,31,32)(H,27,28,30)/b21-12-. The second kappa shape index (κ2) is 9.03. The van der Waals surface area contributed by atoms with Gasteiger partial charge in [0.2, 0.25) is 0 Å². The van der Waals surface area contributed by atoms with Gasteiger partial charge < -0.3 is 15.0 Å². The Morgan fingerprint density at radius 2 is 1.73 bits per heavy atom. The van der Waals surface area contributed by atoms with Gasteiger partial charge in [0.25, 0.3) is 5.91 Å². The number of aromatic carboxylic acids is 1. The molecule has 1 aromatic heterocycles. The Kier molecular flexibility index (Phi) is 6.32. The predicted molar refractivity (Wildman–Crippen MR) is 137 cm³/mol. The van der Waals surface area contributed by atoms with Crippen molar-refractivity contribution in [3.05, 3.63) is 85.5 Å². The van der Waals surface area contributed by atoms with Crippen LogP contribution >= 0.6 is 27.7 Å². The minimum absolute atomic E-state index is 0.181. The van der Waals surface area contributed by atoms with Crippen LogP contribution in [0.4, 0.5) is 5.69 Å². The zero-order valence-electron chi connectivity index (χ0n) is 18.6. The number of hydrogen-bond acceptors (Lipinski definition) is 4. The lowest BCUT2D eigenvalue weighted by Crippen LogP contribution is -2.19. The highest BCUT2D eigenvalue weighted by Crippen LogP contribution is 2.32. The van der Waals surface area contributed by atoms with Crippen molar-refractivity contribution in [2.24, 2.45) is 4.99 Å². The molecule has 1 aliphatic rings. The second-order valence-electron chi connectivity index (χ2n) is 7.89. The van der Waals surface area contributed by atoms with Crippen LogP contribution in [0, 0.1) is 27.7 Å². The highest BCUT2D eigenvalue weighted by atomic mass is 79.9. The third-order valence-corrected chi connectivity index (χ3v) is 7.59. The number of aliphatic imine (C=N–C) groups is 1. The Hall–Kier alpha value is -3.10. The number of amides is 1. The molecule has 1 aliphatic heterocycles. The van der Waals surface area contributed by atoms with Gasteiger partial charge in [-0.25, -0.2) is 9.79 Å². The molecule has 168 valence electrons. The van der Waals surface area contributed by atoms with Gasteiger partial charge in [-0.15, -0.1) is 0 Å². The largest absolute Gasteiger partial charge is 0.478 e. The molecular weight excluding hydrogens is 502 g/mol. The average Bonchev–Trinajstić information content (AvgIpc) is 3.24. The lowest BCUT2D eigenvalue weighted by atomic mass is 10.1. The van der Waals surface area contributed by atoms with Gasteiger partial charge in [-0.3, -0.25) is 4.79 Å². The van der Waals surface area contributed by atoms with Crippen molar-refractivity contribution in [1.29, 1.82) is 0 Å². The maximum atomic E-state index is 12.6. The number of carbonyl (C=O) groups is 2. The van der Waals surface area contributed by atoms with Gasteiger partial charge in [0.05, 0.1) is 16.2 Å². The zero-order chi connectivity index (χ0) is 23.9. The van der Waals surface area contributed by atoms with Crippen LogP contribution in [0.25, 0.3) is 11.8 Å². The van der Waals surface area contributed by atoms with Crippen molar-refractivity contribution in [3.63, 3.8) is 0 Å². The Morgan fingerprint density at radius 1 is 1.09 bits per heavy atom. The molecule has 4 rings (SSSR count). The number of aromatic nitrogens is 1. The summed E-state index contributed by atoms with van der Waals surface area (Å²) in [5, 5.41) is 12.5. The van der Waals surface area contributed by atoms with E-state index in [1.54, 1.807) is 24.3 Å². The molecule has 0 atom stereocenters. The Balaban J connectivity index is 1.63. The highest BCUT2D eigenvalue weighted by Gasteiger charge is 2.25. The molecule has 2 aromatic carbocycles. The van der Waals surface area contributed by atoms with E-state index in [1.165, 1.54) is 11.8 Å². The first-order valence-electron chi connectivity index (χ1n) is 10.2. The van der Waals surface area contributed by atoms with E-state index in [9.17, 15) is 9.59 Å². The number of carboxylic acids is 1. The normalized spacial score (nSPS) is 16.0. The summed E-state index contributed by atoms with van der Waals surface area (Å²) in [5.74, 6) is -1.14. The van der Waals surface area contributed by atoms with Crippen molar-refractivity contribution in [1.82, 2.24) is 9.88 Å². The van der Waals surface area contributed by atoms with E-state index in [-0.39, 0.29) is 11.5 Å². The number of halogens is 1. The van der Waals surface area contributed by atoms with Crippen LogP contribution in [0.2, 0.25) is 0 Å². The Morgan fingerprint density at radius 3 is 2.33 bits per heavy atom. The van der Waals surface area contributed by atoms with Gasteiger partial charge in [0, 0.05) is 21.5 Å². The summed E-state index contributed by atoms with van der Waals surface area (Å²) in [6, 6.07) is 12.7. The fourth-order valence-electron chi connectivity index (χ4n) is 3.81. The van der Waals surface area contributed by atoms with Crippen LogP contribution < -0.4 is 5.32 Å². The summed E-state index contributed by atoms with van der Waals surface area (Å²) in [6.07, 6.45) is 1.87. The molecule has 0 spiro atoms. The number of carboxylic acid groups (broad SMARTS) is 1. The molecule has 0 bridgehead atoms. The van der Waals surface area contributed by atoms with Crippen LogP contribution in [-0.4, -0.2) is 26.7 Å². The van der Waals surface area contributed by atoms with Crippen molar-refractivity contribution in [2.75, 3.05) is 0 Å². The molecule has 0 radical (unpaired) electrons. The Bertz CT molecular complexity index is 1330. The lowest BCUT2D eigenvalue weighted by Gasteiger charge is -2.10. The summed E-state index contributed by atoms with van der Waals surface area (Å²) >= 11 is 4.88. The van der Waals surface area contributed by atoms with Crippen LogP contribution in [0.3, 0.4) is 0 Å². The van der Waals surface area contributed by atoms with Crippen LogP contribution in [-0.2, 0) is 4.79 Å². The number of nitrogens with one attached hydrogen (secondary N) is 1. The summed E-state index contributed by atoms with van der Waals surface area (Å²) in [6.45, 7) is 7.98. The van der Waals surface area contributed by atoms with Crippen LogP contribution in [0.15, 0.2) is 56.8 Å². The topological polar surface area (TPSA) is 83.7 Å². The Labute approximate surface area is 204 Å². The number of hydrogen-bond donors (Lipinski definition) is 2. The van der Waals surface area contributed by atoms with Crippen molar-refractivity contribution in [3.8, 4) is 5.69 Å². The molecule has 6 nitrogen and oxygen atoms in total. The minimum Gasteiger partial charge on any atom is -0.478 e. The minimum atomic E-state index is -0.955. The fraction of sp³-hybridized carbons (Fsp3) is 0.160. The molecule has 33 heavy (non-hydrogen) atoms. The number of nitrogens with zero attached hydrogens (tertiary/aromatic N) is 2. The van der Waals surface area contributed by atoms with E-state index < -0.39 is 5.97 Å². The first-order chi connectivity index (χ1) is 15.6. The maximum Gasteiger partial charge on any atom is 0.335 e. The molecule has 0 unspecified atom stereocenters. The SMILES string of the molecule is Cc1cc(N=C2NC(=O)/C(=C/c3cc(C)n(-c4ccc(C(=O)O)cc4)c3C)S2)cc(C)c1Br. The number of benzene rings is 2. The number of thioether (sulfide) groups is 1. The first-order valence-corrected chi connectivity index (χ1v) is 11.8. The van der Waals surface area contributed by atoms with Crippen molar-refractivity contribution < 1.29 is 14.7 Å². The van der Waals surface area contributed by atoms with E-state index in [0.29, 0.717) is 10.1 Å². The third-order valence-electron chi connectivity index (χ3n) is 5.43. The summed E-state index contributed by atoms with van der Waals surface area (Å²) < 4.78 is 3.10. The monoisotopic (exact) mass is 523 g/mol. The molecule has 2 N–H and O–H groups in total. The number of aryl methyl sites for hydroxylation is 3. The van der Waals surface area contributed by atoms with E-state index in [4.69, 9.17) is 5.11 Å². The third kappa shape index (κ3) is 4.67. The summed E-state index contributed by atoms with van der Waals surface area (Å²) in [4.78, 5) is 28.9. The average molecular weight is 524 g/mol. The van der Waals surface area contributed by atoms with E-state index in [2.05, 4.69) is 26.2 Å². The molecule has 0 aliphatic carbocycles. The molecule has 1 amide bonds. The number of rotatable bonds is 4. The van der Waals surface area contributed by atoms with Crippen molar-refractivity contribution >= 4 is 56.5 Å². The molecule has 1 saturated heterocycles. The number of carbonyl (C=O) groups excluding carboxylic acids is 1. The van der Waals surface area contributed by atoms with Gasteiger partial charge in [-0.2, -0.15) is 0 Å². The first kappa shape index (κ1) is 23.1. The van der Waals surface area contributed by atoms with Gasteiger partial charge in [-0.05, 0) is 105 Å². The molecule has 8 heteroatoms. The number of amidine groups is 1. The predicted octanol–water partition coefficient (Wildman–Crippen LogP) is 6.06. The van der Waals surface area contributed by atoms with Gasteiger partial charge in [0.1, 0.15) is 0 Å². The maximum absolute atomic E-state index is 12.6. The second-order valence-corrected chi connectivity index (χ2v) is 9.71. The van der Waals surface area contributed by atoms with Crippen LogP contribution in [0.5, 0.6) is 0 Å². The van der Waals surface area contributed by atoms with E-state index >= 15 is 0 Å². The zero-order valence-corrected chi connectivity index (χ0v) is 21.0. The molecule has 0 saturated carbocycles. The fourth-order valence-corrected chi connectivity index (χ4v) is 4.87. The van der Waals surface area contributed by atoms with E-state index in [1.807, 2.05) is 56.5 Å². The summed E-state index contributed by atoms with van der Waals surface area (Å²) in [7, 11) is 0. The molecular formula is C25H22BrN3O3S. The molecule has 1 fully saturated rings. The van der Waals surface area contributed by atoms with Gasteiger partial charge in [0.15, 0.2) is 5.17 Å².